The number of anilines is 2. The van der Waals surface area contributed by atoms with Crippen LogP contribution in [-0.2, 0) is 4.79 Å². The molecule has 0 fully saturated rings. The van der Waals surface area contributed by atoms with Crippen LogP contribution in [0.5, 0.6) is 0 Å². The van der Waals surface area contributed by atoms with Crippen LogP contribution >= 0.6 is 0 Å². The van der Waals surface area contributed by atoms with Crippen LogP contribution in [0.3, 0.4) is 0 Å². The lowest BCUT2D eigenvalue weighted by Gasteiger charge is -2.34. The Morgan fingerprint density at radius 1 is 1.08 bits per heavy atom. The van der Waals surface area contributed by atoms with Crippen molar-refractivity contribution >= 4 is 23.1 Å². The van der Waals surface area contributed by atoms with Gasteiger partial charge in [-0.3, -0.25) is 9.59 Å². The van der Waals surface area contributed by atoms with Crippen molar-refractivity contribution in [3.63, 3.8) is 0 Å². The third-order valence-corrected chi connectivity index (χ3v) is 3.79. The summed E-state index contributed by atoms with van der Waals surface area (Å²) < 4.78 is 54.4. The predicted octanol–water partition coefficient (Wildman–Crippen LogP) is 3.28. The molecule has 0 radical (unpaired) electrons. The van der Waals surface area contributed by atoms with Crippen molar-refractivity contribution in [2.24, 2.45) is 5.92 Å². The maximum atomic E-state index is 14.2. The van der Waals surface area contributed by atoms with Crippen LogP contribution in [-0.4, -0.2) is 23.4 Å². The van der Waals surface area contributed by atoms with Gasteiger partial charge in [-0.2, -0.15) is 0 Å². The third-order valence-electron chi connectivity index (χ3n) is 3.79. The second-order valence-electron chi connectivity index (χ2n) is 5.22. The van der Waals surface area contributed by atoms with E-state index in [4.69, 9.17) is 5.11 Å². The van der Waals surface area contributed by atoms with Crippen LogP contribution in [0, 0.1) is 29.2 Å². The second-order valence-corrected chi connectivity index (χ2v) is 5.22. The van der Waals surface area contributed by atoms with E-state index in [0.717, 1.165) is 17.0 Å². The molecule has 2 aromatic carbocycles. The van der Waals surface area contributed by atoms with Gasteiger partial charge in [-0.05, 0) is 30.3 Å². The van der Waals surface area contributed by atoms with Gasteiger partial charge >= 0.3 is 5.97 Å². The average Bonchev–Trinajstić information content (AvgIpc) is 2.54. The second kappa shape index (κ2) is 5.63. The number of nitrogens with zero attached hydrogens (tertiary/aromatic N) is 1. The summed E-state index contributed by atoms with van der Waals surface area (Å²) in [4.78, 5) is 24.5. The first-order valence-corrected chi connectivity index (χ1v) is 6.79. The summed E-state index contributed by atoms with van der Waals surface area (Å²) in [6.07, 6.45) is 0. The Kier molecular flexibility index (Phi) is 3.75. The molecule has 0 saturated heterocycles. The zero-order chi connectivity index (χ0) is 17.6. The first-order valence-electron chi connectivity index (χ1n) is 6.79. The van der Waals surface area contributed by atoms with Gasteiger partial charge in [0.2, 0.25) is 0 Å². The number of fused-ring (bicyclic) bond motifs is 1. The number of carboxylic acid groups (broad SMARTS) is 1. The fraction of sp³-hybridized carbons (Fsp3) is 0.125. The smallest absolute Gasteiger partial charge is 0.316 e. The Bertz CT molecular complexity index is 851. The molecule has 1 N–H and O–H groups in total. The van der Waals surface area contributed by atoms with Gasteiger partial charge in [-0.15, -0.1) is 0 Å². The Hall–Kier alpha value is -2.90. The van der Waals surface area contributed by atoms with E-state index in [1.807, 2.05) is 0 Å². The topological polar surface area (TPSA) is 57.6 Å². The van der Waals surface area contributed by atoms with Crippen molar-refractivity contribution < 1.29 is 32.3 Å². The summed E-state index contributed by atoms with van der Waals surface area (Å²) in [5.74, 6) is -9.66. The Labute approximate surface area is 132 Å². The molecule has 124 valence electrons. The number of carbonyl (C=O) groups excluding carboxylic acids is 1. The SMILES string of the molecule is O=C(O)C1CN(c2ccc(F)cc2)c2c(cc(F)c(F)c2F)C1=O. The van der Waals surface area contributed by atoms with E-state index in [2.05, 4.69) is 0 Å². The molecule has 0 saturated carbocycles. The van der Waals surface area contributed by atoms with Crippen molar-refractivity contribution in [1.82, 2.24) is 0 Å². The van der Waals surface area contributed by atoms with Crippen molar-refractivity contribution in [1.29, 1.82) is 0 Å². The summed E-state index contributed by atoms with van der Waals surface area (Å²) in [7, 11) is 0. The minimum atomic E-state index is -1.78. The summed E-state index contributed by atoms with van der Waals surface area (Å²) in [5.41, 5.74) is -1.00. The van der Waals surface area contributed by atoms with Gasteiger partial charge in [-0.1, -0.05) is 0 Å². The molecule has 1 atom stereocenters. The number of rotatable bonds is 2. The number of hydrogen-bond donors (Lipinski definition) is 1. The molecule has 1 aliphatic heterocycles. The van der Waals surface area contributed by atoms with Gasteiger partial charge in [0.05, 0.1) is 5.69 Å². The van der Waals surface area contributed by atoms with Gasteiger partial charge in [-0.25, -0.2) is 17.6 Å². The highest BCUT2D eigenvalue weighted by Crippen LogP contribution is 2.39. The first kappa shape index (κ1) is 16.0. The van der Waals surface area contributed by atoms with E-state index in [9.17, 15) is 27.2 Å². The predicted molar refractivity (Wildman–Crippen MR) is 75.2 cm³/mol. The maximum absolute atomic E-state index is 14.2. The van der Waals surface area contributed by atoms with Crippen LogP contribution < -0.4 is 4.90 Å². The Morgan fingerprint density at radius 3 is 2.29 bits per heavy atom. The molecule has 24 heavy (non-hydrogen) atoms. The molecule has 1 aliphatic rings. The number of ketones is 1. The van der Waals surface area contributed by atoms with E-state index >= 15 is 0 Å². The first-order chi connectivity index (χ1) is 11.3. The van der Waals surface area contributed by atoms with Crippen LogP contribution in [0.1, 0.15) is 10.4 Å². The van der Waals surface area contributed by atoms with Gasteiger partial charge in [0.15, 0.2) is 23.2 Å². The van der Waals surface area contributed by atoms with Crippen molar-refractivity contribution in [2.45, 2.75) is 0 Å². The van der Waals surface area contributed by atoms with E-state index in [0.29, 0.717) is 6.07 Å². The molecular formula is C16H9F4NO3. The van der Waals surface area contributed by atoms with Crippen LogP contribution in [0.4, 0.5) is 28.9 Å². The van der Waals surface area contributed by atoms with Gasteiger partial charge in [0, 0.05) is 17.8 Å². The lowest BCUT2D eigenvalue weighted by molar-refractivity contribution is -0.139. The average molecular weight is 339 g/mol. The number of carboxylic acids is 1. The monoisotopic (exact) mass is 339 g/mol. The number of hydrogen-bond acceptors (Lipinski definition) is 3. The quantitative estimate of drug-likeness (QED) is 0.518. The van der Waals surface area contributed by atoms with E-state index in [1.165, 1.54) is 12.1 Å². The van der Waals surface area contributed by atoms with Gasteiger partial charge in [0.25, 0.3) is 0 Å². The lowest BCUT2D eigenvalue weighted by Crippen LogP contribution is -2.41. The van der Waals surface area contributed by atoms with Crippen LogP contribution in [0.2, 0.25) is 0 Å². The normalized spacial score (nSPS) is 16.9. The van der Waals surface area contributed by atoms with Crippen LogP contribution in [0.25, 0.3) is 0 Å². The third kappa shape index (κ3) is 2.40. The summed E-state index contributed by atoms with van der Waals surface area (Å²) >= 11 is 0. The summed E-state index contributed by atoms with van der Waals surface area (Å²) in [5, 5.41) is 9.17. The maximum Gasteiger partial charge on any atom is 0.316 e. The van der Waals surface area contributed by atoms with Crippen molar-refractivity contribution in [3.8, 4) is 0 Å². The lowest BCUT2D eigenvalue weighted by atomic mass is 9.90. The molecule has 0 aliphatic carbocycles. The summed E-state index contributed by atoms with van der Waals surface area (Å²) in [6.45, 7) is -0.491. The van der Waals surface area contributed by atoms with E-state index in [1.54, 1.807) is 0 Å². The largest absolute Gasteiger partial charge is 0.481 e. The van der Waals surface area contributed by atoms with Gasteiger partial charge in [0.1, 0.15) is 11.7 Å². The highest BCUT2D eigenvalue weighted by atomic mass is 19.2. The number of aliphatic carboxylic acids is 1. The molecular weight excluding hydrogens is 330 g/mol. The molecule has 2 aromatic rings. The minimum Gasteiger partial charge on any atom is -0.481 e. The zero-order valence-electron chi connectivity index (χ0n) is 11.9. The number of halogens is 4. The van der Waals surface area contributed by atoms with Crippen molar-refractivity contribution in [3.05, 3.63) is 59.2 Å². The van der Waals surface area contributed by atoms with Crippen LogP contribution in [0.15, 0.2) is 30.3 Å². The molecule has 0 amide bonds. The fourth-order valence-electron chi connectivity index (χ4n) is 2.63. The Balaban J connectivity index is 2.25. The molecule has 0 bridgehead atoms. The minimum absolute atomic E-state index is 0.140. The van der Waals surface area contributed by atoms with Gasteiger partial charge < -0.3 is 10.0 Å². The molecule has 3 rings (SSSR count). The molecule has 0 spiro atoms. The molecule has 0 aromatic heterocycles. The Morgan fingerprint density at radius 2 is 1.71 bits per heavy atom. The standard InChI is InChI=1S/C16H9F4NO3/c17-7-1-3-8(4-2-7)21-6-10(16(23)24)15(22)9-5-11(18)12(19)13(20)14(9)21/h1-5,10H,6H2,(H,23,24). The van der Waals surface area contributed by atoms with E-state index in [-0.39, 0.29) is 5.69 Å². The number of carbonyl (C=O) groups is 2. The number of benzene rings is 2. The summed E-state index contributed by atoms with van der Waals surface area (Å²) in [6, 6.07) is 4.99. The molecule has 1 unspecified atom stereocenters. The number of Topliss-reactive ketones (excluding diaryl/α,β-unsaturated/α-hetero) is 1. The highest BCUT2D eigenvalue weighted by Gasteiger charge is 2.40. The molecule has 1 heterocycles. The fourth-order valence-corrected chi connectivity index (χ4v) is 2.63. The highest BCUT2D eigenvalue weighted by molar-refractivity contribution is 6.14. The molecule has 4 nitrogen and oxygen atoms in total. The van der Waals surface area contributed by atoms with Crippen molar-refractivity contribution in [2.75, 3.05) is 11.4 Å². The van der Waals surface area contributed by atoms with E-state index < -0.39 is 58.7 Å². The molecule has 8 heteroatoms. The zero-order valence-corrected chi connectivity index (χ0v) is 11.9.